The molecule has 0 saturated carbocycles. The van der Waals surface area contributed by atoms with Crippen molar-refractivity contribution in [2.75, 3.05) is 14.1 Å². The van der Waals surface area contributed by atoms with Gasteiger partial charge in [-0.3, -0.25) is 14.8 Å². The second-order valence-corrected chi connectivity index (χ2v) is 3.88. The third kappa shape index (κ3) is 2.07. The van der Waals surface area contributed by atoms with Crippen molar-refractivity contribution >= 4 is 23.2 Å². The normalized spacial score (nSPS) is 18.3. The van der Waals surface area contributed by atoms with Crippen LogP contribution in [0, 0.1) is 0 Å². The highest BCUT2D eigenvalue weighted by Crippen LogP contribution is 2.19. The van der Waals surface area contributed by atoms with Crippen LogP contribution < -0.4 is 5.73 Å². The van der Waals surface area contributed by atoms with E-state index in [-0.39, 0.29) is 11.6 Å². The van der Waals surface area contributed by atoms with Crippen molar-refractivity contribution in [2.45, 2.75) is 6.42 Å². The van der Waals surface area contributed by atoms with Crippen LogP contribution in [0.15, 0.2) is 39.2 Å². The molecule has 0 aromatic heterocycles. The molecule has 2 rings (SSSR count). The number of carbonyl (C=O) groups excluding carboxylic acids is 1. The van der Waals surface area contributed by atoms with Gasteiger partial charge in [-0.05, 0) is 5.56 Å². The van der Waals surface area contributed by atoms with E-state index in [0.29, 0.717) is 23.5 Å². The predicted octanol–water partition coefficient (Wildman–Crippen LogP) is 0.882. The Labute approximate surface area is 105 Å². The third-order valence-electron chi connectivity index (χ3n) is 2.80. The first-order valence-corrected chi connectivity index (χ1v) is 5.57. The molecule has 0 fully saturated rings. The lowest BCUT2D eigenvalue weighted by atomic mass is 10.1. The minimum atomic E-state index is -0.0596. The molecule has 0 saturated heterocycles. The molecule has 1 aromatic rings. The molecule has 1 aromatic carbocycles. The minimum absolute atomic E-state index is 0.0596. The van der Waals surface area contributed by atoms with E-state index in [1.165, 1.54) is 0 Å². The quantitative estimate of drug-likeness (QED) is 0.541. The number of benzene rings is 1. The summed E-state index contributed by atoms with van der Waals surface area (Å²) in [4.78, 5) is 24.1. The standard InChI is InChI=1S/C13H14N4O/c1-15-12(14)13(16-2)17-10-7-8-5-3-4-6-9(8)11(10)18/h3-6H,7H2,1-2H3,(H2,14,15). The van der Waals surface area contributed by atoms with Gasteiger partial charge in [-0.15, -0.1) is 0 Å². The maximum Gasteiger partial charge on any atom is 0.207 e. The molecule has 0 atom stereocenters. The lowest BCUT2D eigenvalue weighted by molar-refractivity contribution is 0.106. The van der Waals surface area contributed by atoms with Crippen molar-refractivity contribution in [3.05, 3.63) is 35.4 Å². The number of amidine groups is 2. The monoisotopic (exact) mass is 242 g/mol. The van der Waals surface area contributed by atoms with Crippen molar-refractivity contribution in [1.82, 2.24) is 0 Å². The average Bonchev–Trinajstić information content (AvgIpc) is 2.72. The van der Waals surface area contributed by atoms with E-state index in [0.717, 1.165) is 5.56 Å². The second kappa shape index (κ2) is 4.91. The van der Waals surface area contributed by atoms with Crippen LogP contribution in [0.1, 0.15) is 15.9 Å². The Morgan fingerprint density at radius 3 is 2.56 bits per heavy atom. The number of rotatable bonds is 0. The maximum atomic E-state index is 12.1. The minimum Gasteiger partial charge on any atom is -0.381 e. The maximum absolute atomic E-state index is 12.1. The molecule has 0 spiro atoms. The molecule has 0 heterocycles. The van der Waals surface area contributed by atoms with Crippen LogP contribution in [0.5, 0.6) is 0 Å². The summed E-state index contributed by atoms with van der Waals surface area (Å²) in [5.41, 5.74) is 7.82. The van der Waals surface area contributed by atoms with Gasteiger partial charge < -0.3 is 5.73 Å². The van der Waals surface area contributed by atoms with Crippen LogP contribution in [0.3, 0.4) is 0 Å². The van der Waals surface area contributed by atoms with E-state index in [2.05, 4.69) is 15.0 Å². The Kier molecular flexibility index (Phi) is 3.32. The van der Waals surface area contributed by atoms with E-state index in [4.69, 9.17) is 5.73 Å². The fourth-order valence-corrected chi connectivity index (χ4v) is 1.85. The van der Waals surface area contributed by atoms with Crippen LogP contribution in [-0.4, -0.2) is 37.3 Å². The SMILES string of the molecule is CN=C(N)C(N=C1Cc2ccccc2C1=O)=NC. The summed E-state index contributed by atoms with van der Waals surface area (Å²) < 4.78 is 0. The van der Waals surface area contributed by atoms with Gasteiger partial charge in [0.05, 0.1) is 5.71 Å². The van der Waals surface area contributed by atoms with E-state index >= 15 is 0 Å². The topological polar surface area (TPSA) is 80.2 Å². The molecule has 0 amide bonds. The molecule has 5 nitrogen and oxygen atoms in total. The molecule has 1 aliphatic rings. The van der Waals surface area contributed by atoms with Crippen LogP contribution in [0.25, 0.3) is 0 Å². The Balaban J connectivity index is 2.37. The van der Waals surface area contributed by atoms with Gasteiger partial charge >= 0.3 is 0 Å². The zero-order chi connectivity index (χ0) is 13.1. The Bertz CT molecular complexity index is 584. The first kappa shape index (κ1) is 12.2. The van der Waals surface area contributed by atoms with Crippen LogP contribution >= 0.6 is 0 Å². The van der Waals surface area contributed by atoms with E-state index in [9.17, 15) is 4.79 Å². The fraction of sp³-hybridized carbons (Fsp3) is 0.231. The number of carbonyl (C=O) groups is 1. The van der Waals surface area contributed by atoms with Gasteiger partial charge in [-0.2, -0.15) is 0 Å². The molecule has 0 unspecified atom stereocenters. The van der Waals surface area contributed by atoms with Gasteiger partial charge in [-0.1, -0.05) is 24.3 Å². The van der Waals surface area contributed by atoms with Crippen LogP contribution in [-0.2, 0) is 6.42 Å². The van der Waals surface area contributed by atoms with Crippen LogP contribution in [0.4, 0.5) is 0 Å². The van der Waals surface area contributed by atoms with Gasteiger partial charge in [0.15, 0.2) is 11.7 Å². The van der Waals surface area contributed by atoms with E-state index in [1.807, 2.05) is 18.2 Å². The number of nitrogens with two attached hydrogens (primary N) is 1. The van der Waals surface area contributed by atoms with Crippen molar-refractivity contribution in [2.24, 2.45) is 20.7 Å². The summed E-state index contributed by atoms with van der Waals surface area (Å²) in [6, 6.07) is 7.48. The number of aliphatic imine (C=N–C) groups is 3. The fourth-order valence-electron chi connectivity index (χ4n) is 1.85. The van der Waals surface area contributed by atoms with Gasteiger partial charge in [0.25, 0.3) is 0 Å². The predicted molar refractivity (Wildman–Crippen MR) is 72.8 cm³/mol. The average molecular weight is 242 g/mol. The number of hydrogen-bond donors (Lipinski definition) is 1. The zero-order valence-corrected chi connectivity index (χ0v) is 10.3. The smallest absolute Gasteiger partial charge is 0.207 e. The van der Waals surface area contributed by atoms with Gasteiger partial charge in [0, 0.05) is 26.1 Å². The number of hydrogen-bond acceptors (Lipinski definition) is 3. The summed E-state index contributed by atoms with van der Waals surface area (Å²) >= 11 is 0. The summed E-state index contributed by atoms with van der Waals surface area (Å²) in [5.74, 6) is 0.470. The van der Waals surface area contributed by atoms with Gasteiger partial charge in [0.2, 0.25) is 5.78 Å². The summed E-state index contributed by atoms with van der Waals surface area (Å²) in [5, 5.41) is 0. The first-order chi connectivity index (χ1) is 8.67. The highest BCUT2D eigenvalue weighted by Gasteiger charge is 2.26. The molecule has 0 aliphatic heterocycles. The summed E-state index contributed by atoms with van der Waals surface area (Å²) in [6.07, 6.45) is 0.519. The Hall–Kier alpha value is -2.30. The van der Waals surface area contributed by atoms with Gasteiger partial charge in [0.1, 0.15) is 0 Å². The van der Waals surface area contributed by atoms with Crippen molar-refractivity contribution in [1.29, 1.82) is 0 Å². The molecule has 0 radical (unpaired) electrons. The van der Waals surface area contributed by atoms with E-state index in [1.54, 1.807) is 20.2 Å². The third-order valence-corrected chi connectivity index (χ3v) is 2.80. The molecule has 18 heavy (non-hydrogen) atoms. The Morgan fingerprint density at radius 2 is 1.94 bits per heavy atom. The van der Waals surface area contributed by atoms with Gasteiger partial charge in [-0.25, -0.2) is 4.99 Å². The Morgan fingerprint density at radius 1 is 1.22 bits per heavy atom. The number of ketones is 1. The molecule has 2 N–H and O–H groups in total. The molecule has 0 bridgehead atoms. The van der Waals surface area contributed by atoms with Crippen molar-refractivity contribution in [3.63, 3.8) is 0 Å². The highest BCUT2D eigenvalue weighted by atomic mass is 16.1. The lowest BCUT2D eigenvalue weighted by Crippen LogP contribution is -2.24. The summed E-state index contributed by atoms with van der Waals surface area (Å²) in [7, 11) is 3.13. The molecule has 5 heteroatoms. The van der Waals surface area contributed by atoms with E-state index < -0.39 is 0 Å². The number of Topliss-reactive ketones (excluding diaryl/α,β-unsaturated/α-hetero) is 1. The number of nitrogens with zero attached hydrogens (tertiary/aromatic N) is 3. The van der Waals surface area contributed by atoms with Crippen LogP contribution in [0.2, 0.25) is 0 Å². The molecule has 1 aliphatic carbocycles. The summed E-state index contributed by atoms with van der Waals surface area (Å²) in [6.45, 7) is 0. The largest absolute Gasteiger partial charge is 0.381 e. The van der Waals surface area contributed by atoms with Crippen molar-refractivity contribution in [3.8, 4) is 0 Å². The highest BCUT2D eigenvalue weighted by molar-refractivity contribution is 6.53. The first-order valence-electron chi connectivity index (χ1n) is 5.57. The molecular formula is C13H14N4O. The zero-order valence-electron chi connectivity index (χ0n) is 10.3. The lowest BCUT2D eigenvalue weighted by Gasteiger charge is -1.99. The second-order valence-electron chi connectivity index (χ2n) is 3.88. The number of fused-ring (bicyclic) bond motifs is 1. The molecular weight excluding hydrogens is 228 g/mol. The van der Waals surface area contributed by atoms with Crippen molar-refractivity contribution < 1.29 is 4.79 Å². The molecule has 92 valence electrons.